The van der Waals surface area contributed by atoms with Crippen LogP contribution < -0.4 is 0 Å². The van der Waals surface area contributed by atoms with Gasteiger partial charge in [-0.25, -0.2) is 4.98 Å². The van der Waals surface area contributed by atoms with Crippen molar-refractivity contribution in [3.05, 3.63) is 24.0 Å². The van der Waals surface area contributed by atoms with Crippen molar-refractivity contribution in [3.8, 4) is 0 Å². The zero-order valence-electron chi connectivity index (χ0n) is 8.77. The summed E-state index contributed by atoms with van der Waals surface area (Å²) in [5.74, 6) is 0.610. The number of hydrogen-bond acceptors (Lipinski definition) is 3. The van der Waals surface area contributed by atoms with Gasteiger partial charge < -0.3 is 4.90 Å². The molecule has 0 aromatic carbocycles. The van der Waals surface area contributed by atoms with Crippen LogP contribution in [-0.2, 0) is 0 Å². The fraction of sp³-hybridized carbons (Fsp3) is 0.455. The Bertz CT molecular complexity index is 470. The Morgan fingerprint density at radius 1 is 1.53 bits per heavy atom. The number of nitrogens with zero attached hydrogens (tertiary/aromatic N) is 3. The number of nitrogens with one attached hydrogen (secondary N) is 1. The summed E-state index contributed by atoms with van der Waals surface area (Å²) in [7, 11) is 0. The molecule has 1 N–H and O–H groups in total. The van der Waals surface area contributed by atoms with Gasteiger partial charge in [0.1, 0.15) is 0 Å². The second-order valence-corrected chi connectivity index (χ2v) is 4.06. The topological polar surface area (TPSA) is 44.8 Å². The van der Waals surface area contributed by atoms with E-state index in [4.69, 9.17) is 0 Å². The van der Waals surface area contributed by atoms with E-state index < -0.39 is 0 Å². The first-order valence-corrected chi connectivity index (χ1v) is 5.40. The van der Waals surface area contributed by atoms with E-state index in [1.54, 1.807) is 6.20 Å². The van der Waals surface area contributed by atoms with Crippen molar-refractivity contribution in [2.75, 3.05) is 19.6 Å². The Kier molecular flexibility index (Phi) is 1.95. The van der Waals surface area contributed by atoms with E-state index in [9.17, 15) is 0 Å². The molecular formula is C11H14N4. The van der Waals surface area contributed by atoms with Gasteiger partial charge in [-0.2, -0.15) is 5.10 Å². The SMILES string of the molecule is CCN1CC(c2[nH]nc3ncccc23)C1. The van der Waals surface area contributed by atoms with Crippen LogP contribution in [0.25, 0.3) is 11.0 Å². The zero-order valence-corrected chi connectivity index (χ0v) is 8.77. The van der Waals surface area contributed by atoms with E-state index in [0.29, 0.717) is 5.92 Å². The van der Waals surface area contributed by atoms with Gasteiger partial charge in [-0.05, 0) is 18.7 Å². The Morgan fingerprint density at radius 3 is 3.20 bits per heavy atom. The predicted molar refractivity (Wildman–Crippen MR) is 58.7 cm³/mol. The molecule has 0 bridgehead atoms. The Morgan fingerprint density at radius 2 is 2.40 bits per heavy atom. The van der Waals surface area contributed by atoms with Crippen molar-refractivity contribution in [2.45, 2.75) is 12.8 Å². The van der Waals surface area contributed by atoms with Crippen LogP contribution in [0.15, 0.2) is 18.3 Å². The van der Waals surface area contributed by atoms with E-state index in [-0.39, 0.29) is 0 Å². The average molecular weight is 202 g/mol. The molecule has 1 aliphatic rings. The van der Waals surface area contributed by atoms with Crippen molar-refractivity contribution in [2.24, 2.45) is 0 Å². The maximum absolute atomic E-state index is 4.23. The van der Waals surface area contributed by atoms with E-state index in [1.807, 2.05) is 6.07 Å². The summed E-state index contributed by atoms with van der Waals surface area (Å²) in [5, 5.41) is 8.52. The first-order chi connectivity index (χ1) is 7.38. The molecule has 0 radical (unpaired) electrons. The molecule has 0 aliphatic carbocycles. The second kappa shape index (κ2) is 3.31. The lowest BCUT2D eigenvalue weighted by molar-refractivity contribution is 0.155. The summed E-state index contributed by atoms with van der Waals surface area (Å²) in [4.78, 5) is 6.65. The minimum Gasteiger partial charge on any atom is -0.302 e. The van der Waals surface area contributed by atoms with Crippen LogP contribution >= 0.6 is 0 Å². The summed E-state index contributed by atoms with van der Waals surface area (Å²) >= 11 is 0. The molecule has 15 heavy (non-hydrogen) atoms. The van der Waals surface area contributed by atoms with Gasteiger partial charge in [-0.15, -0.1) is 0 Å². The van der Waals surface area contributed by atoms with Crippen molar-refractivity contribution < 1.29 is 0 Å². The third-order valence-corrected chi connectivity index (χ3v) is 3.17. The van der Waals surface area contributed by atoms with Crippen LogP contribution in [0.1, 0.15) is 18.5 Å². The van der Waals surface area contributed by atoms with Gasteiger partial charge in [0.05, 0.1) is 5.69 Å². The molecule has 0 amide bonds. The lowest BCUT2D eigenvalue weighted by Gasteiger charge is -2.37. The Hall–Kier alpha value is -1.42. The maximum Gasteiger partial charge on any atom is 0.181 e. The maximum atomic E-state index is 4.23. The van der Waals surface area contributed by atoms with E-state index in [1.165, 1.54) is 11.1 Å². The van der Waals surface area contributed by atoms with Crippen LogP contribution in [0.5, 0.6) is 0 Å². The highest BCUT2D eigenvalue weighted by Crippen LogP contribution is 2.29. The van der Waals surface area contributed by atoms with Crippen LogP contribution in [-0.4, -0.2) is 39.7 Å². The minimum atomic E-state index is 0.610. The van der Waals surface area contributed by atoms with Gasteiger partial charge in [0, 0.05) is 30.6 Å². The van der Waals surface area contributed by atoms with Gasteiger partial charge in [0.25, 0.3) is 0 Å². The van der Waals surface area contributed by atoms with E-state index in [0.717, 1.165) is 25.3 Å². The number of rotatable bonds is 2. The van der Waals surface area contributed by atoms with Crippen LogP contribution in [0, 0.1) is 0 Å². The number of hydrogen-bond donors (Lipinski definition) is 1. The molecule has 1 fully saturated rings. The summed E-state index contributed by atoms with van der Waals surface area (Å²) < 4.78 is 0. The van der Waals surface area contributed by atoms with Crippen molar-refractivity contribution >= 4 is 11.0 Å². The first kappa shape index (κ1) is 8.85. The molecule has 1 aliphatic heterocycles. The molecule has 4 nitrogen and oxygen atoms in total. The predicted octanol–water partition coefficient (Wildman–Crippen LogP) is 1.38. The summed E-state index contributed by atoms with van der Waals surface area (Å²) in [6, 6.07) is 4.06. The smallest absolute Gasteiger partial charge is 0.181 e. The summed E-state index contributed by atoms with van der Waals surface area (Å²) in [6.07, 6.45) is 1.78. The largest absolute Gasteiger partial charge is 0.302 e. The Labute approximate surface area is 88.3 Å². The number of aromatic nitrogens is 3. The van der Waals surface area contributed by atoms with Crippen LogP contribution in [0.3, 0.4) is 0 Å². The van der Waals surface area contributed by atoms with Gasteiger partial charge in [0.2, 0.25) is 0 Å². The molecule has 1 saturated heterocycles. The fourth-order valence-electron chi connectivity index (χ4n) is 2.19. The molecule has 0 spiro atoms. The number of likely N-dealkylation sites (tertiary alicyclic amines) is 1. The number of likely N-dealkylation sites (N-methyl/N-ethyl adjacent to an activating group) is 1. The minimum absolute atomic E-state index is 0.610. The quantitative estimate of drug-likeness (QED) is 0.800. The standard InChI is InChI=1S/C11H14N4/c1-2-15-6-8(7-15)10-9-4-3-5-12-11(9)14-13-10/h3-5,8H,2,6-7H2,1H3,(H,12,13,14). The monoisotopic (exact) mass is 202 g/mol. The number of fused-ring (bicyclic) bond motifs is 1. The number of aromatic amines is 1. The molecule has 0 atom stereocenters. The summed E-state index contributed by atoms with van der Waals surface area (Å²) in [6.45, 7) is 5.62. The number of H-pyrrole nitrogens is 1. The van der Waals surface area contributed by atoms with Crippen LogP contribution in [0.4, 0.5) is 0 Å². The Balaban J connectivity index is 1.92. The van der Waals surface area contributed by atoms with E-state index >= 15 is 0 Å². The summed E-state index contributed by atoms with van der Waals surface area (Å²) in [5.41, 5.74) is 2.09. The zero-order chi connectivity index (χ0) is 10.3. The van der Waals surface area contributed by atoms with Gasteiger partial charge in [-0.3, -0.25) is 5.10 Å². The normalized spacial score (nSPS) is 18.2. The second-order valence-electron chi connectivity index (χ2n) is 4.06. The van der Waals surface area contributed by atoms with Crippen molar-refractivity contribution in [1.29, 1.82) is 0 Å². The molecule has 4 heteroatoms. The number of pyridine rings is 1. The lowest BCUT2D eigenvalue weighted by atomic mass is 9.95. The van der Waals surface area contributed by atoms with E-state index in [2.05, 4.69) is 33.1 Å². The molecule has 3 heterocycles. The molecule has 2 aromatic rings. The highest BCUT2D eigenvalue weighted by atomic mass is 15.2. The molecule has 78 valence electrons. The van der Waals surface area contributed by atoms with Crippen molar-refractivity contribution in [1.82, 2.24) is 20.1 Å². The first-order valence-electron chi connectivity index (χ1n) is 5.40. The average Bonchev–Trinajstić information content (AvgIpc) is 2.61. The van der Waals surface area contributed by atoms with Gasteiger partial charge in [0.15, 0.2) is 5.65 Å². The molecule has 0 saturated carbocycles. The van der Waals surface area contributed by atoms with Gasteiger partial charge >= 0.3 is 0 Å². The molecule has 2 aromatic heterocycles. The highest BCUT2D eigenvalue weighted by molar-refractivity contribution is 5.78. The highest BCUT2D eigenvalue weighted by Gasteiger charge is 2.29. The third kappa shape index (κ3) is 1.33. The molecule has 0 unspecified atom stereocenters. The fourth-order valence-corrected chi connectivity index (χ4v) is 2.19. The third-order valence-electron chi connectivity index (χ3n) is 3.17. The molecular weight excluding hydrogens is 188 g/mol. The van der Waals surface area contributed by atoms with Gasteiger partial charge in [-0.1, -0.05) is 6.92 Å². The molecule has 3 rings (SSSR count). The van der Waals surface area contributed by atoms with Crippen molar-refractivity contribution in [3.63, 3.8) is 0 Å². The van der Waals surface area contributed by atoms with Crippen LogP contribution in [0.2, 0.25) is 0 Å². The lowest BCUT2D eigenvalue weighted by Crippen LogP contribution is -2.44.